The first-order chi connectivity index (χ1) is 7.43. The third-order valence-electron chi connectivity index (χ3n) is 3.71. The van der Waals surface area contributed by atoms with E-state index in [4.69, 9.17) is 0 Å². The van der Waals surface area contributed by atoms with Crippen LogP contribution in [-0.4, -0.2) is 5.75 Å². The molecular formula is C14H12S. The van der Waals surface area contributed by atoms with Crippen LogP contribution in [-0.2, 0) is 12.2 Å². The average molecular weight is 212 g/mol. The quantitative estimate of drug-likeness (QED) is 0.641. The lowest BCUT2D eigenvalue weighted by Crippen LogP contribution is -2.08. The van der Waals surface area contributed by atoms with Crippen LogP contribution in [0, 0.1) is 0 Å². The molecule has 0 spiro atoms. The molecule has 0 fully saturated rings. The molecule has 1 atom stereocenters. The van der Waals surface area contributed by atoms with Crippen LogP contribution >= 0.6 is 11.8 Å². The molecule has 1 heterocycles. The van der Waals surface area contributed by atoms with E-state index in [1.54, 1.807) is 22.1 Å². The smallest absolute Gasteiger partial charge is 0.0187 e. The van der Waals surface area contributed by atoms with Gasteiger partial charge in [-0.25, -0.2) is 0 Å². The summed E-state index contributed by atoms with van der Waals surface area (Å²) in [5, 5.41) is 3.03. The van der Waals surface area contributed by atoms with Crippen molar-refractivity contribution in [3.05, 3.63) is 47.0 Å². The van der Waals surface area contributed by atoms with E-state index in [9.17, 15) is 0 Å². The lowest BCUT2D eigenvalue weighted by Gasteiger charge is -2.21. The van der Waals surface area contributed by atoms with Crippen LogP contribution in [0.15, 0.2) is 30.3 Å². The third-order valence-corrected chi connectivity index (χ3v) is 4.87. The zero-order valence-electron chi connectivity index (χ0n) is 8.49. The van der Waals surface area contributed by atoms with Gasteiger partial charge in [-0.15, -0.1) is 0 Å². The maximum absolute atomic E-state index is 2.34. The SMILES string of the molecule is c1cc2c3c4c(ccc3c1)CSCC4C2. The molecule has 0 nitrogen and oxygen atoms in total. The summed E-state index contributed by atoms with van der Waals surface area (Å²) < 4.78 is 0. The minimum absolute atomic E-state index is 0.805. The van der Waals surface area contributed by atoms with Crippen molar-refractivity contribution in [3.8, 4) is 0 Å². The van der Waals surface area contributed by atoms with Gasteiger partial charge in [0.05, 0.1) is 0 Å². The molecule has 2 aromatic rings. The molecule has 0 saturated carbocycles. The standard InChI is InChI=1S/C14H12S/c1-2-9-4-5-11-7-15-8-12-6-10(3-1)13(9)14(11)12/h1-5,12H,6-8H2. The number of hydrogen-bond acceptors (Lipinski definition) is 1. The van der Waals surface area contributed by atoms with Gasteiger partial charge in [-0.1, -0.05) is 30.3 Å². The predicted molar refractivity (Wildman–Crippen MR) is 66.6 cm³/mol. The molecule has 0 radical (unpaired) electrons. The molecular weight excluding hydrogens is 200 g/mol. The Kier molecular flexibility index (Phi) is 1.53. The molecule has 1 aliphatic carbocycles. The topological polar surface area (TPSA) is 0 Å². The van der Waals surface area contributed by atoms with E-state index in [0.717, 1.165) is 5.92 Å². The molecule has 0 aromatic heterocycles. The molecule has 0 bridgehead atoms. The molecule has 2 aromatic carbocycles. The van der Waals surface area contributed by atoms with Gasteiger partial charge in [0.2, 0.25) is 0 Å². The number of thioether (sulfide) groups is 1. The Morgan fingerprint density at radius 2 is 2.07 bits per heavy atom. The Morgan fingerprint density at radius 1 is 1.07 bits per heavy atom. The van der Waals surface area contributed by atoms with Gasteiger partial charge in [-0.2, -0.15) is 11.8 Å². The third kappa shape index (κ3) is 0.993. The second-order valence-corrected chi connectivity index (χ2v) is 5.60. The van der Waals surface area contributed by atoms with Crippen molar-refractivity contribution in [3.63, 3.8) is 0 Å². The molecule has 0 N–H and O–H groups in total. The van der Waals surface area contributed by atoms with Gasteiger partial charge in [0.25, 0.3) is 0 Å². The van der Waals surface area contributed by atoms with Crippen LogP contribution in [0.5, 0.6) is 0 Å². The summed E-state index contributed by atoms with van der Waals surface area (Å²) in [5.41, 5.74) is 4.85. The summed E-state index contributed by atoms with van der Waals surface area (Å²) in [5.74, 6) is 3.34. The highest BCUT2D eigenvalue weighted by Gasteiger charge is 2.29. The summed E-state index contributed by atoms with van der Waals surface area (Å²) in [6.45, 7) is 0. The maximum atomic E-state index is 2.34. The minimum atomic E-state index is 0.805. The molecule has 4 rings (SSSR count). The van der Waals surface area contributed by atoms with E-state index in [-0.39, 0.29) is 0 Å². The van der Waals surface area contributed by atoms with Gasteiger partial charge in [-0.3, -0.25) is 0 Å². The minimum Gasteiger partial charge on any atom is -0.157 e. The fraction of sp³-hybridized carbons (Fsp3) is 0.286. The van der Waals surface area contributed by atoms with Gasteiger partial charge in [0, 0.05) is 11.5 Å². The summed E-state index contributed by atoms with van der Waals surface area (Å²) >= 11 is 2.09. The van der Waals surface area contributed by atoms with Crippen molar-refractivity contribution in [2.45, 2.75) is 18.1 Å². The van der Waals surface area contributed by atoms with Gasteiger partial charge < -0.3 is 0 Å². The fourth-order valence-electron chi connectivity index (χ4n) is 3.11. The van der Waals surface area contributed by atoms with E-state index in [2.05, 4.69) is 42.1 Å². The van der Waals surface area contributed by atoms with Crippen molar-refractivity contribution in [1.82, 2.24) is 0 Å². The van der Waals surface area contributed by atoms with Crippen LogP contribution in [0.3, 0.4) is 0 Å². The largest absolute Gasteiger partial charge is 0.157 e. The monoisotopic (exact) mass is 212 g/mol. The summed E-state index contributed by atoms with van der Waals surface area (Å²) in [6, 6.07) is 11.4. The molecule has 1 aliphatic heterocycles. The van der Waals surface area contributed by atoms with Gasteiger partial charge in [0.1, 0.15) is 0 Å². The Balaban J connectivity index is 2.19. The average Bonchev–Trinajstić information content (AvgIpc) is 2.66. The van der Waals surface area contributed by atoms with E-state index in [0.29, 0.717) is 0 Å². The zero-order chi connectivity index (χ0) is 9.83. The molecule has 15 heavy (non-hydrogen) atoms. The number of benzene rings is 2. The predicted octanol–water partition coefficient (Wildman–Crippen LogP) is 3.73. The highest BCUT2D eigenvalue weighted by molar-refractivity contribution is 7.98. The van der Waals surface area contributed by atoms with E-state index < -0.39 is 0 Å². The fourth-order valence-corrected chi connectivity index (χ4v) is 4.27. The van der Waals surface area contributed by atoms with Gasteiger partial charge >= 0.3 is 0 Å². The van der Waals surface area contributed by atoms with Crippen molar-refractivity contribution < 1.29 is 0 Å². The Bertz CT molecular complexity index is 557. The number of rotatable bonds is 0. The lowest BCUT2D eigenvalue weighted by molar-refractivity contribution is 0.794. The van der Waals surface area contributed by atoms with Crippen molar-refractivity contribution in [2.75, 3.05) is 5.75 Å². The van der Waals surface area contributed by atoms with Crippen LogP contribution in [0.1, 0.15) is 22.6 Å². The van der Waals surface area contributed by atoms with Crippen LogP contribution in [0.4, 0.5) is 0 Å². The normalized spacial score (nSPS) is 22.3. The Labute approximate surface area is 93.7 Å². The Morgan fingerprint density at radius 3 is 3.07 bits per heavy atom. The lowest BCUT2D eigenvalue weighted by atomic mass is 9.96. The molecule has 0 amide bonds. The van der Waals surface area contributed by atoms with E-state index in [1.807, 2.05) is 0 Å². The highest BCUT2D eigenvalue weighted by Crippen LogP contribution is 2.45. The molecule has 0 saturated heterocycles. The van der Waals surface area contributed by atoms with E-state index in [1.165, 1.54) is 23.3 Å². The van der Waals surface area contributed by atoms with Crippen molar-refractivity contribution in [1.29, 1.82) is 0 Å². The van der Waals surface area contributed by atoms with Gasteiger partial charge in [0.15, 0.2) is 0 Å². The molecule has 74 valence electrons. The zero-order valence-corrected chi connectivity index (χ0v) is 9.31. The van der Waals surface area contributed by atoms with E-state index >= 15 is 0 Å². The number of hydrogen-bond donors (Lipinski definition) is 0. The molecule has 2 aliphatic rings. The Hall–Kier alpha value is -0.950. The first-order valence-electron chi connectivity index (χ1n) is 5.54. The van der Waals surface area contributed by atoms with Crippen molar-refractivity contribution >= 4 is 22.5 Å². The summed E-state index contributed by atoms with van der Waals surface area (Å²) in [4.78, 5) is 0. The van der Waals surface area contributed by atoms with Crippen LogP contribution in [0.25, 0.3) is 10.8 Å². The summed E-state index contributed by atoms with van der Waals surface area (Å²) in [7, 11) is 0. The second kappa shape index (κ2) is 2.79. The molecule has 1 unspecified atom stereocenters. The highest BCUT2D eigenvalue weighted by atomic mass is 32.2. The summed E-state index contributed by atoms with van der Waals surface area (Å²) in [6.07, 6.45) is 1.27. The second-order valence-electron chi connectivity index (χ2n) is 4.57. The van der Waals surface area contributed by atoms with Crippen molar-refractivity contribution in [2.24, 2.45) is 0 Å². The van der Waals surface area contributed by atoms with Crippen LogP contribution < -0.4 is 0 Å². The van der Waals surface area contributed by atoms with Gasteiger partial charge in [-0.05, 0) is 39.8 Å². The van der Waals surface area contributed by atoms with Crippen LogP contribution in [0.2, 0.25) is 0 Å². The first kappa shape index (κ1) is 8.23. The molecule has 1 heteroatoms. The first-order valence-corrected chi connectivity index (χ1v) is 6.70. The maximum Gasteiger partial charge on any atom is 0.0187 e.